The Kier molecular flexibility index (Phi) is 23.3. The quantitative estimate of drug-likeness (QED) is 0.271. The topological polar surface area (TPSA) is 37.3 Å². The van der Waals surface area contributed by atoms with E-state index in [0.29, 0.717) is 0 Å². The summed E-state index contributed by atoms with van der Waals surface area (Å²) in [6.45, 7) is 9.24. The van der Waals surface area contributed by atoms with Gasteiger partial charge in [0.1, 0.15) is 0 Å². The van der Waals surface area contributed by atoms with Gasteiger partial charge < -0.3 is 20.0 Å². The summed E-state index contributed by atoms with van der Waals surface area (Å²) in [5.41, 5.74) is -0.583. The van der Waals surface area contributed by atoms with Crippen molar-refractivity contribution in [3.05, 3.63) is 14.9 Å². The van der Waals surface area contributed by atoms with Gasteiger partial charge in [-0.2, -0.15) is 0 Å². The standard InChI is InChI=1S/2C20H34.C5H10O2.C3H8.2CH3.Zr/c2*1-3-7-19-15(5-1)9-11-17(19)13-14-18-12-10-16-6-2-4-8-20(16)18;1-5(2,3)4(6)7;1-3-2;;;/h2*15-20H,1-14H2;1-3H3,(H,6,7);3H2,1-2H3;2*1H3;/q;;;;2*-1;+2. The molecule has 8 aliphatic carbocycles. The summed E-state index contributed by atoms with van der Waals surface area (Å²) < 4.78 is 0. The summed E-state index contributed by atoms with van der Waals surface area (Å²) in [4.78, 5) is 10.0. The van der Waals surface area contributed by atoms with Crippen molar-refractivity contribution in [2.45, 2.75) is 221 Å². The molecule has 0 aromatic heterocycles. The number of carbonyl (C=O) groups is 1. The van der Waals surface area contributed by atoms with Crippen LogP contribution in [0, 0.1) is 91.3 Å². The fourth-order valence-electron chi connectivity index (χ4n) is 13.7. The number of hydrogen-bond donors (Lipinski definition) is 1. The van der Waals surface area contributed by atoms with Gasteiger partial charge in [0.05, 0.1) is 5.41 Å². The van der Waals surface area contributed by atoms with E-state index in [1.165, 1.54) is 6.42 Å². The molecule has 308 valence electrons. The van der Waals surface area contributed by atoms with Crippen molar-refractivity contribution in [3.8, 4) is 0 Å². The molecule has 8 fully saturated rings. The Hall–Kier alpha value is 0.353. The van der Waals surface area contributed by atoms with Crippen molar-refractivity contribution in [1.29, 1.82) is 0 Å². The molecule has 12 atom stereocenters. The summed E-state index contributed by atoms with van der Waals surface area (Å²) in [7, 11) is 0. The van der Waals surface area contributed by atoms with Gasteiger partial charge in [-0.1, -0.05) is 97.3 Å². The Morgan fingerprint density at radius 3 is 0.811 bits per heavy atom. The molecule has 1 N–H and O–H groups in total. The van der Waals surface area contributed by atoms with E-state index in [9.17, 15) is 4.79 Å². The molecule has 53 heavy (non-hydrogen) atoms. The molecule has 8 saturated carbocycles. The van der Waals surface area contributed by atoms with Crippen molar-refractivity contribution in [2.75, 3.05) is 0 Å². The normalized spacial score (nSPS) is 38.1. The fraction of sp³-hybridized carbons (Fsp3) is 0.940. The summed E-state index contributed by atoms with van der Waals surface area (Å²) in [5.74, 6) is 13.1. The molecular formula is C50H92O2Zr. The minimum Gasteiger partial charge on any atom is -0.481 e. The maximum Gasteiger partial charge on any atom is 2.00 e. The second-order valence-electron chi connectivity index (χ2n) is 20.6. The van der Waals surface area contributed by atoms with E-state index in [0.717, 1.165) is 71.0 Å². The maximum absolute atomic E-state index is 10.0. The largest absolute Gasteiger partial charge is 2.00 e. The van der Waals surface area contributed by atoms with Crippen LogP contribution in [0.5, 0.6) is 0 Å². The molecule has 2 nitrogen and oxygen atoms in total. The Labute approximate surface area is 352 Å². The summed E-state index contributed by atoms with van der Waals surface area (Å²) >= 11 is 0. The van der Waals surface area contributed by atoms with Crippen molar-refractivity contribution in [3.63, 3.8) is 0 Å². The predicted molar refractivity (Wildman–Crippen MR) is 227 cm³/mol. The summed E-state index contributed by atoms with van der Waals surface area (Å²) in [6.07, 6.45) is 45.4. The maximum atomic E-state index is 10.0. The van der Waals surface area contributed by atoms with E-state index in [1.807, 2.05) is 0 Å². The molecular weight excluding hydrogens is 724 g/mol. The van der Waals surface area contributed by atoms with Crippen LogP contribution in [0.2, 0.25) is 0 Å². The van der Waals surface area contributed by atoms with E-state index >= 15 is 0 Å². The van der Waals surface area contributed by atoms with Crippen molar-refractivity contribution >= 4 is 5.97 Å². The van der Waals surface area contributed by atoms with Crippen LogP contribution in [-0.4, -0.2) is 11.1 Å². The molecule has 12 unspecified atom stereocenters. The first kappa shape index (κ1) is 49.5. The van der Waals surface area contributed by atoms with Gasteiger partial charge in [0.2, 0.25) is 0 Å². The van der Waals surface area contributed by atoms with E-state index in [-0.39, 0.29) is 41.1 Å². The fourth-order valence-corrected chi connectivity index (χ4v) is 13.7. The van der Waals surface area contributed by atoms with Crippen LogP contribution in [0.3, 0.4) is 0 Å². The van der Waals surface area contributed by atoms with Gasteiger partial charge in [-0.05, 0) is 195 Å². The number of carboxylic acid groups (broad SMARTS) is 1. The zero-order valence-corrected chi connectivity index (χ0v) is 39.2. The predicted octanol–water partition coefficient (Wildman–Crippen LogP) is 15.8. The Balaban J connectivity index is 0.000000282. The minimum absolute atomic E-state index is 0. The zero-order valence-electron chi connectivity index (χ0n) is 36.8. The Bertz CT molecular complexity index is 843. The van der Waals surface area contributed by atoms with Gasteiger partial charge in [-0.15, -0.1) is 0 Å². The summed E-state index contributed by atoms with van der Waals surface area (Å²) in [5, 5.41) is 8.25. The molecule has 3 heteroatoms. The molecule has 0 bridgehead atoms. The van der Waals surface area contributed by atoms with Gasteiger partial charge >= 0.3 is 32.2 Å². The molecule has 0 amide bonds. The number of carboxylic acids is 1. The molecule has 8 aliphatic rings. The van der Waals surface area contributed by atoms with E-state index < -0.39 is 11.4 Å². The van der Waals surface area contributed by atoms with Crippen LogP contribution in [0.25, 0.3) is 0 Å². The molecule has 8 rings (SSSR count). The molecule has 0 spiro atoms. The van der Waals surface area contributed by atoms with Crippen molar-refractivity contribution < 1.29 is 36.1 Å². The number of hydrogen-bond acceptors (Lipinski definition) is 1. The van der Waals surface area contributed by atoms with E-state index in [1.54, 1.807) is 201 Å². The van der Waals surface area contributed by atoms with Gasteiger partial charge in [0.15, 0.2) is 0 Å². The monoisotopic (exact) mass is 815 g/mol. The van der Waals surface area contributed by atoms with Gasteiger partial charge in [0, 0.05) is 0 Å². The molecule has 0 aromatic rings. The van der Waals surface area contributed by atoms with Crippen LogP contribution in [0.4, 0.5) is 0 Å². The smallest absolute Gasteiger partial charge is 0.481 e. The third-order valence-electron chi connectivity index (χ3n) is 16.4. The minimum atomic E-state index is -0.757. The number of aliphatic carboxylic acids is 1. The molecule has 0 heterocycles. The van der Waals surface area contributed by atoms with Gasteiger partial charge in [-0.3, -0.25) is 4.79 Å². The second kappa shape index (κ2) is 25.0. The van der Waals surface area contributed by atoms with Crippen molar-refractivity contribution in [2.24, 2.45) is 76.4 Å². The third kappa shape index (κ3) is 14.3. The van der Waals surface area contributed by atoms with Crippen LogP contribution in [-0.2, 0) is 31.0 Å². The zero-order chi connectivity index (χ0) is 35.5. The molecule has 0 radical (unpaired) electrons. The van der Waals surface area contributed by atoms with E-state index in [4.69, 9.17) is 5.11 Å². The number of rotatable bonds is 6. The van der Waals surface area contributed by atoms with Gasteiger partial charge in [0.25, 0.3) is 0 Å². The van der Waals surface area contributed by atoms with Gasteiger partial charge in [-0.25, -0.2) is 0 Å². The molecule has 0 saturated heterocycles. The summed E-state index contributed by atoms with van der Waals surface area (Å²) in [6, 6.07) is 0. The first-order valence-electron chi connectivity index (χ1n) is 23.4. The Morgan fingerprint density at radius 2 is 0.623 bits per heavy atom. The van der Waals surface area contributed by atoms with E-state index in [2.05, 4.69) is 13.8 Å². The van der Waals surface area contributed by atoms with Crippen molar-refractivity contribution in [1.82, 2.24) is 0 Å². The second-order valence-corrected chi connectivity index (χ2v) is 20.6. The first-order chi connectivity index (χ1) is 24.2. The first-order valence-corrected chi connectivity index (χ1v) is 23.4. The average Bonchev–Trinajstić information content (AvgIpc) is 3.92. The molecule has 0 aromatic carbocycles. The van der Waals surface area contributed by atoms with Crippen LogP contribution >= 0.6 is 0 Å². The van der Waals surface area contributed by atoms with Crippen LogP contribution in [0.15, 0.2) is 0 Å². The third-order valence-corrected chi connectivity index (χ3v) is 16.4. The Morgan fingerprint density at radius 1 is 0.434 bits per heavy atom. The SMILES string of the molecule is C1CCC2C(C1)CCC2CCC1CCC2CCCCC21.C1CCC2C(C1)CCC2CCC1CCC2CCCCC21.CC(C)(C)C(=O)O.CCC.[CH3-].[CH3-].[Zr+2]. The van der Waals surface area contributed by atoms with Crippen LogP contribution in [0.1, 0.15) is 221 Å². The van der Waals surface area contributed by atoms with Crippen LogP contribution < -0.4 is 0 Å². The molecule has 0 aliphatic heterocycles. The number of fused-ring (bicyclic) bond motifs is 4. The average molecular weight is 817 g/mol.